The first-order chi connectivity index (χ1) is 8.60. The van der Waals surface area contributed by atoms with E-state index in [0.717, 1.165) is 25.7 Å². The molecule has 0 N–H and O–H groups in total. The number of carbonyl (C=O) groups excluding carboxylic acids is 2. The third kappa shape index (κ3) is 1.44. The number of ether oxygens (including phenoxy) is 2. The minimum Gasteiger partial charge on any atom is -0.469 e. The third-order valence-electron chi connectivity index (χ3n) is 5.36. The predicted molar refractivity (Wildman–Crippen MR) is 63.5 cm³/mol. The minimum atomic E-state index is -0.587. The zero-order valence-electron chi connectivity index (χ0n) is 11.0. The fourth-order valence-electron chi connectivity index (χ4n) is 5.08. The van der Waals surface area contributed by atoms with E-state index in [1.165, 1.54) is 20.6 Å². The van der Waals surface area contributed by atoms with Crippen molar-refractivity contribution in [2.24, 2.45) is 29.1 Å². The first kappa shape index (κ1) is 12.0. The van der Waals surface area contributed by atoms with E-state index in [-0.39, 0.29) is 17.9 Å². The molecule has 4 fully saturated rings. The van der Waals surface area contributed by atoms with Gasteiger partial charge in [0.05, 0.1) is 25.6 Å². The van der Waals surface area contributed by atoms with Crippen molar-refractivity contribution in [1.82, 2.24) is 0 Å². The quantitative estimate of drug-likeness (QED) is 0.703. The second-order valence-corrected chi connectivity index (χ2v) is 6.26. The van der Waals surface area contributed by atoms with Gasteiger partial charge in [0.1, 0.15) is 0 Å². The van der Waals surface area contributed by atoms with Crippen LogP contribution in [-0.4, -0.2) is 26.2 Å². The Kier molecular flexibility index (Phi) is 2.65. The highest BCUT2D eigenvalue weighted by molar-refractivity contribution is 5.86. The van der Waals surface area contributed by atoms with E-state index in [9.17, 15) is 9.59 Å². The maximum absolute atomic E-state index is 12.3. The Balaban J connectivity index is 2.00. The second-order valence-electron chi connectivity index (χ2n) is 6.26. The Hall–Kier alpha value is -1.06. The number of hydrogen-bond acceptors (Lipinski definition) is 4. The number of methoxy groups -OCH3 is 2. The van der Waals surface area contributed by atoms with E-state index >= 15 is 0 Å². The maximum Gasteiger partial charge on any atom is 0.312 e. The second kappa shape index (κ2) is 3.97. The summed E-state index contributed by atoms with van der Waals surface area (Å²) in [5.41, 5.74) is -0.587. The van der Waals surface area contributed by atoms with Crippen LogP contribution in [0.15, 0.2) is 0 Å². The maximum atomic E-state index is 12.3. The van der Waals surface area contributed by atoms with Crippen LogP contribution in [0.4, 0.5) is 0 Å². The van der Waals surface area contributed by atoms with Crippen LogP contribution in [0, 0.1) is 29.1 Å². The predicted octanol–water partition coefficient (Wildman–Crippen LogP) is 1.77. The molecular weight excluding hydrogens is 232 g/mol. The molecule has 4 nitrogen and oxygen atoms in total. The summed E-state index contributed by atoms with van der Waals surface area (Å²) < 4.78 is 9.96. The topological polar surface area (TPSA) is 52.6 Å². The summed E-state index contributed by atoms with van der Waals surface area (Å²) in [7, 11) is 2.84. The Bertz CT molecular complexity index is 375. The molecule has 3 unspecified atom stereocenters. The van der Waals surface area contributed by atoms with E-state index in [0.29, 0.717) is 17.8 Å². The van der Waals surface area contributed by atoms with Gasteiger partial charge >= 0.3 is 11.9 Å². The van der Waals surface area contributed by atoms with Crippen LogP contribution in [0.25, 0.3) is 0 Å². The zero-order chi connectivity index (χ0) is 12.9. The Morgan fingerprint density at radius 3 is 2.11 bits per heavy atom. The summed E-state index contributed by atoms with van der Waals surface area (Å²) in [4.78, 5) is 24.4. The van der Waals surface area contributed by atoms with Gasteiger partial charge in [0.2, 0.25) is 0 Å². The standard InChI is InChI=1S/C14H20O4/c1-17-12(15)11-10-4-8-3-9(5-10)7-14(11,6-8)13(16)18-2/h8-11H,3-7H2,1-2H3. The van der Waals surface area contributed by atoms with Crippen molar-refractivity contribution in [3.05, 3.63) is 0 Å². The number of carbonyl (C=O) groups is 2. The van der Waals surface area contributed by atoms with E-state index in [1.54, 1.807) is 0 Å². The molecule has 0 aromatic carbocycles. The number of hydrogen-bond donors (Lipinski definition) is 0. The van der Waals surface area contributed by atoms with E-state index in [4.69, 9.17) is 9.47 Å². The fourth-order valence-corrected chi connectivity index (χ4v) is 5.08. The van der Waals surface area contributed by atoms with Crippen molar-refractivity contribution in [3.63, 3.8) is 0 Å². The van der Waals surface area contributed by atoms with Crippen molar-refractivity contribution in [3.8, 4) is 0 Å². The summed E-state index contributed by atoms with van der Waals surface area (Å²) in [6.07, 6.45) is 5.01. The van der Waals surface area contributed by atoms with Gasteiger partial charge in [0.25, 0.3) is 0 Å². The van der Waals surface area contributed by atoms with Crippen LogP contribution in [0.1, 0.15) is 32.1 Å². The number of rotatable bonds is 2. The molecule has 0 saturated heterocycles. The Morgan fingerprint density at radius 2 is 1.61 bits per heavy atom. The van der Waals surface area contributed by atoms with Crippen molar-refractivity contribution < 1.29 is 19.1 Å². The highest BCUT2D eigenvalue weighted by Gasteiger charge is 2.64. The molecule has 4 aliphatic carbocycles. The average molecular weight is 252 g/mol. The van der Waals surface area contributed by atoms with Crippen LogP contribution < -0.4 is 0 Å². The molecular formula is C14H20O4. The average Bonchev–Trinajstić information content (AvgIpc) is 2.36. The zero-order valence-corrected chi connectivity index (χ0v) is 11.0. The van der Waals surface area contributed by atoms with Gasteiger partial charge in [-0.15, -0.1) is 0 Å². The molecule has 0 radical (unpaired) electrons. The highest BCUT2D eigenvalue weighted by atomic mass is 16.5. The SMILES string of the molecule is COC(=O)C1C2CC3CC(C2)CC1(C(=O)OC)C3. The van der Waals surface area contributed by atoms with Crippen molar-refractivity contribution in [2.45, 2.75) is 32.1 Å². The van der Waals surface area contributed by atoms with Crippen LogP contribution in [0.2, 0.25) is 0 Å². The molecule has 3 atom stereocenters. The summed E-state index contributed by atoms with van der Waals surface area (Å²) in [5.74, 6) is 0.830. The molecule has 4 aliphatic rings. The highest BCUT2D eigenvalue weighted by Crippen LogP contribution is 2.63. The third-order valence-corrected chi connectivity index (χ3v) is 5.36. The van der Waals surface area contributed by atoms with Crippen LogP contribution in [0.3, 0.4) is 0 Å². The summed E-state index contributed by atoms with van der Waals surface area (Å²) in [5, 5.41) is 0. The van der Waals surface area contributed by atoms with Gasteiger partial charge in [-0.3, -0.25) is 9.59 Å². The fraction of sp³-hybridized carbons (Fsp3) is 0.857. The normalized spacial score (nSPS) is 44.8. The molecule has 4 saturated carbocycles. The van der Waals surface area contributed by atoms with Crippen molar-refractivity contribution in [1.29, 1.82) is 0 Å². The molecule has 18 heavy (non-hydrogen) atoms. The molecule has 4 rings (SSSR count). The van der Waals surface area contributed by atoms with Crippen molar-refractivity contribution >= 4 is 11.9 Å². The summed E-state index contributed by atoms with van der Waals surface area (Å²) in [6.45, 7) is 0. The Labute approximate surface area is 107 Å². The van der Waals surface area contributed by atoms with Gasteiger partial charge in [-0.1, -0.05) is 0 Å². The van der Waals surface area contributed by atoms with Gasteiger partial charge in [0, 0.05) is 0 Å². The lowest BCUT2D eigenvalue weighted by Gasteiger charge is -2.58. The monoisotopic (exact) mass is 252 g/mol. The van der Waals surface area contributed by atoms with E-state index < -0.39 is 5.41 Å². The molecule has 4 heteroatoms. The number of esters is 2. The molecule has 0 heterocycles. The molecule has 0 aromatic rings. The summed E-state index contributed by atoms with van der Waals surface area (Å²) in [6, 6.07) is 0. The molecule has 100 valence electrons. The molecule has 0 amide bonds. The van der Waals surface area contributed by atoms with Gasteiger partial charge in [-0.25, -0.2) is 0 Å². The minimum absolute atomic E-state index is 0.197. The van der Waals surface area contributed by atoms with Crippen LogP contribution >= 0.6 is 0 Å². The van der Waals surface area contributed by atoms with Gasteiger partial charge in [0.15, 0.2) is 0 Å². The van der Waals surface area contributed by atoms with Crippen molar-refractivity contribution in [2.75, 3.05) is 14.2 Å². The molecule has 0 aliphatic heterocycles. The lowest BCUT2D eigenvalue weighted by Crippen LogP contribution is -2.59. The van der Waals surface area contributed by atoms with E-state index in [2.05, 4.69) is 0 Å². The van der Waals surface area contributed by atoms with Gasteiger partial charge in [-0.05, 0) is 49.9 Å². The lowest BCUT2D eigenvalue weighted by atomic mass is 9.45. The van der Waals surface area contributed by atoms with Gasteiger partial charge in [-0.2, -0.15) is 0 Å². The molecule has 0 spiro atoms. The van der Waals surface area contributed by atoms with Gasteiger partial charge < -0.3 is 9.47 Å². The lowest BCUT2D eigenvalue weighted by molar-refractivity contribution is -0.193. The molecule has 0 aromatic heterocycles. The first-order valence-corrected chi connectivity index (χ1v) is 6.77. The van der Waals surface area contributed by atoms with Crippen LogP contribution in [0.5, 0.6) is 0 Å². The smallest absolute Gasteiger partial charge is 0.312 e. The van der Waals surface area contributed by atoms with Crippen LogP contribution in [-0.2, 0) is 19.1 Å². The molecule has 4 bridgehead atoms. The summed E-state index contributed by atoms with van der Waals surface area (Å²) >= 11 is 0. The first-order valence-electron chi connectivity index (χ1n) is 6.77. The Morgan fingerprint density at radius 1 is 1.00 bits per heavy atom. The largest absolute Gasteiger partial charge is 0.469 e. The van der Waals surface area contributed by atoms with E-state index in [1.807, 2.05) is 0 Å².